The second-order valence-corrected chi connectivity index (χ2v) is 6.04. The average molecular weight is 365 g/mol. The van der Waals surface area contributed by atoms with Crippen LogP contribution >= 0.6 is 27.5 Å². The number of rotatable bonds is 4. The maximum atomic E-state index is 12.5. The van der Waals surface area contributed by atoms with E-state index in [0.717, 1.165) is 15.7 Å². The summed E-state index contributed by atoms with van der Waals surface area (Å²) in [7, 11) is 0. The second-order valence-electron chi connectivity index (χ2n) is 4.75. The lowest BCUT2D eigenvalue weighted by Gasteiger charge is -2.24. The number of carbonyl (C=O) groups excluding carboxylic acids is 1. The molecule has 0 aliphatic heterocycles. The van der Waals surface area contributed by atoms with Gasteiger partial charge < -0.3 is 4.90 Å². The van der Waals surface area contributed by atoms with Crippen molar-refractivity contribution in [3.8, 4) is 0 Å². The van der Waals surface area contributed by atoms with E-state index in [9.17, 15) is 4.79 Å². The van der Waals surface area contributed by atoms with Crippen LogP contribution in [0, 0.1) is 0 Å². The van der Waals surface area contributed by atoms with Gasteiger partial charge in [0.2, 0.25) is 0 Å². The van der Waals surface area contributed by atoms with E-state index in [1.165, 1.54) is 0 Å². The summed E-state index contributed by atoms with van der Waals surface area (Å²) in [6, 6.07) is 15.2. The lowest BCUT2D eigenvalue weighted by molar-refractivity contribution is -0.115. The molecule has 2 aromatic rings. The highest BCUT2D eigenvalue weighted by Crippen LogP contribution is 2.31. The Hall–Kier alpha value is -1.58. The molecule has 2 rings (SSSR count). The number of anilines is 1. The number of benzene rings is 2. The summed E-state index contributed by atoms with van der Waals surface area (Å²) in [5.74, 6) is -0.109. The summed E-state index contributed by atoms with van der Waals surface area (Å²) in [4.78, 5) is 14.2. The van der Waals surface area contributed by atoms with Crippen LogP contribution in [0.15, 0.2) is 65.2 Å². The molecule has 108 valence electrons. The van der Waals surface area contributed by atoms with Crippen LogP contribution in [0.25, 0.3) is 0 Å². The van der Waals surface area contributed by atoms with Crippen LogP contribution in [0.2, 0.25) is 5.02 Å². The van der Waals surface area contributed by atoms with Crippen molar-refractivity contribution in [2.45, 2.75) is 13.5 Å². The number of nitrogens with zero attached hydrogens (tertiary/aromatic N) is 1. The third kappa shape index (κ3) is 3.96. The van der Waals surface area contributed by atoms with Gasteiger partial charge in [-0.2, -0.15) is 0 Å². The number of carbonyl (C=O) groups is 1. The highest BCUT2D eigenvalue weighted by atomic mass is 79.9. The zero-order valence-corrected chi connectivity index (χ0v) is 14.0. The topological polar surface area (TPSA) is 20.3 Å². The molecule has 0 bridgehead atoms. The monoisotopic (exact) mass is 363 g/mol. The van der Waals surface area contributed by atoms with Crippen molar-refractivity contribution in [3.63, 3.8) is 0 Å². The van der Waals surface area contributed by atoms with Gasteiger partial charge in [-0.15, -0.1) is 0 Å². The first-order chi connectivity index (χ1) is 9.99. The van der Waals surface area contributed by atoms with E-state index in [1.807, 2.05) is 36.4 Å². The molecular formula is C17H15BrClNO. The highest BCUT2D eigenvalue weighted by molar-refractivity contribution is 9.10. The van der Waals surface area contributed by atoms with Gasteiger partial charge in [-0.25, -0.2) is 0 Å². The number of hydrogen-bond donors (Lipinski definition) is 0. The Kier molecular flexibility index (Phi) is 5.21. The molecule has 2 nitrogen and oxygen atoms in total. The second kappa shape index (κ2) is 6.92. The molecular weight excluding hydrogens is 350 g/mol. The Labute approximate surface area is 138 Å². The van der Waals surface area contributed by atoms with Crippen molar-refractivity contribution in [2.75, 3.05) is 4.90 Å². The van der Waals surface area contributed by atoms with Gasteiger partial charge in [0.1, 0.15) is 0 Å². The van der Waals surface area contributed by atoms with E-state index in [1.54, 1.807) is 24.0 Å². The molecule has 0 heterocycles. The normalized spacial score (nSPS) is 10.2. The minimum absolute atomic E-state index is 0.109. The molecule has 0 atom stereocenters. The SMILES string of the molecule is C=C(C)C(=O)N(Cc1ccccc1)c1ccc(Cl)cc1Br. The molecule has 0 aliphatic rings. The molecule has 0 aliphatic carbocycles. The highest BCUT2D eigenvalue weighted by Gasteiger charge is 2.19. The van der Waals surface area contributed by atoms with Crippen molar-refractivity contribution in [2.24, 2.45) is 0 Å². The first-order valence-electron chi connectivity index (χ1n) is 6.45. The smallest absolute Gasteiger partial charge is 0.253 e. The summed E-state index contributed by atoms with van der Waals surface area (Å²) in [6.07, 6.45) is 0. The summed E-state index contributed by atoms with van der Waals surface area (Å²) in [5.41, 5.74) is 2.32. The largest absolute Gasteiger partial charge is 0.303 e. The fraction of sp³-hybridized carbons (Fsp3) is 0.118. The van der Waals surface area contributed by atoms with Crippen LogP contribution in [0.1, 0.15) is 12.5 Å². The summed E-state index contributed by atoms with van der Waals surface area (Å²) in [5, 5.41) is 0.619. The van der Waals surface area contributed by atoms with Crippen molar-refractivity contribution < 1.29 is 4.79 Å². The molecule has 21 heavy (non-hydrogen) atoms. The first-order valence-corrected chi connectivity index (χ1v) is 7.62. The maximum absolute atomic E-state index is 12.5. The van der Waals surface area contributed by atoms with Gasteiger partial charge in [0, 0.05) is 15.1 Å². The Balaban J connectivity index is 2.41. The molecule has 4 heteroatoms. The molecule has 0 unspecified atom stereocenters. The van der Waals surface area contributed by atoms with Gasteiger partial charge >= 0.3 is 0 Å². The molecule has 0 N–H and O–H groups in total. The summed E-state index contributed by atoms with van der Waals surface area (Å²) in [6.45, 7) is 5.95. The number of amides is 1. The molecule has 0 saturated carbocycles. The standard InChI is InChI=1S/C17H15BrClNO/c1-12(2)17(21)20(11-13-6-4-3-5-7-13)16-9-8-14(19)10-15(16)18/h3-10H,1,11H2,2H3. The predicted molar refractivity (Wildman–Crippen MR) is 91.6 cm³/mol. The number of hydrogen-bond acceptors (Lipinski definition) is 1. The van der Waals surface area contributed by atoms with Crippen LogP contribution in [-0.4, -0.2) is 5.91 Å². The molecule has 0 fully saturated rings. The lowest BCUT2D eigenvalue weighted by atomic mass is 10.1. The fourth-order valence-corrected chi connectivity index (χ4v) is 2.86. The quantitative estimate of drug-likeness (QED) is 0.682. The third-order valence-electron chi connectivity index (χ3n) is 2.99. The van der Waals surface area contributed by atoms with Crippen LogP contribution in [0.3, 0.4) is 0 Å². The van der Waals surface area contributed by atoms with E-state index >= 15 is 0 Å². The third-order valence-corrected chi connectivity index (χ3v) is 3.86. The molecule has 0 radical (unpaired) electrons. The van der Waals surface area contributed by atoms with E-state index in [0.29, 0.717) is 17.1 Å². The average Bonchev–Trinajstić information content (AvgIpc) is 2.45. The zero-order chi connectivity index (χ0) is 15.4. The van der Waals surface area contributed by atoms with Gasteiger partial charge in [-0.05, 0) is 46.6 Å². The Morgan fingerprint density at radius 3 is 2.48 bits per heavy atom. The van der Waals surface area contributed by atoms with E-state index in [4.69, 9.17) is 11.6 Å². The van der Waals surface area contributed by atoms with Gasteiger partial charge in [0.25, 0.3) is 5.91 Å². The zero-order valence-electron chi connectivity index (χ0n) is 11.6. The summed E-state index contributed by atoms with van der Waals surface area (Å²) < 4.78 is 0.778. The molecule has 0 saturated heterocycles. The van der Waals surface area contributed by atoms with E-state index in [2.05, 4.69) is 22.5 Å². The summed E-state index contributed by atoms with van der Waals surface area (Å²) >= 11 is 9.44. The van der Waals surface area contributed by atoms with Gasteiger partial charge in [-0.1, -0.05) is 48.5 Å². The molecule has 0 spiro atoms. The van der Waals surface area contributed by atoms with Crippen molar-refractivity contribution in [1.82, 2.24) is 0 Å². The van der Waals surface area contributed by atoms with Gasteiger partial charge in [-0.3, -0.25) is 4.79 Å². The Bertz CT molecular complexity index is 670. The van der Waals surface area contributed by atoms with Crippen molar-refractivity contribution >= 4 is 39.1 Å². The predicted octanol–water partition coefficient (Wildman–Crippen LogP) is 5.21. The van der Waals surface area contributed by atoms with Crippen LogP contribution in [0.4, 0.5) is 5.69 Å². The van der Waals surface area contributed by atoms with Crippen LogP contribution in [-0.2, 0) is 11.3 Å². The van der Waals surface area contributed by atoms with Crippen LogP contribution < -0.4 is 4.90 Å². The Morgan fingerprint density at radius 1 is 1.24 bits per heavy atom. The van der Waals surface area contributed by atoms with Gasteiger partial charge in [0.15, 0.2) is 0 Å². The Morgan fingerprint density at radius 2 is 1.90 bits per heavy atom. The van der Waals surface area contributed by atoms with Crippen molar-refractivity contribution in [3.05, 3.63) is 75.7 Å². The minimum Gasteiger partial charge on any atom is -0.303 e. The fourth-order valence-electron chi connectivity index (χ4n) is 1.96. The van der Waals surface area contributed by atoms with Crippen molar-refractivity contribution in [1.29, 1.82) is 0 Å². The maximum Gasteiger partial charge on any atom is 0.253 e. The van der Waals surface area contributed by atoms with Crippen LogP contribution in [0.5, 0.6) is 0 Å². The van der Waals surface area contributed by atoms with Gasteiger partial charge in [0.05, 0.1) is 12.2 Å². The number of halogens is 2. The molecule has 0 aromatic heterocycles. The molecule has 2 aromatic carbocycles. The first kappa shape index (κ1) is 15.8. The molecule has 1 amide bonds. The van der Waals surface area contributed by atoms with E-state index < -0.39 is 0 Å². The minimum atomic E-state index is -0.109. The lowest BCUT2D eigenvalue weighted by Crippen LogP contribution is -2.31. The van der Waals surface area contributed by atoms with E-state index in [-0.39, 0.29) is 5.91 Å².